The van der Waals surface area contributed by atoms with E-state index in [0.717, 1.165) is 12.3 Å². The molecule has 0 atom stereocenters. The van der Waals surface area contributed by atoms with Crippen LogP contribution in [0.1, 0.15) is 16.9 Å². The Morgan fingerprint density at radius 2 is 1.95 bits per heavy atom. The maximum absolute atomic E-state index is 12.9. The third-order valence-electron chi connectivity index (χ3n) is 3.02. The molecule has 3 rings (SSSR count). The zero-order chi connectivity index (χ0) is 15.2. The van der Waals surface area contributed by atoms with Crippen molar-refractivity contribution in [2.24, 2.45) is 0 Å². The average Bonchev–Trinajstić information content (AvgIpc) is 3.02. The van der Waals surface area contributed by atoms with Crippen molar-refractivity contribution in [2.75, 3.05) is 0 Å². The minimum absolute atomic E-state index is 0.0352. The van der Waals surface area contributed by atoms with E-state index in [-0.39, 0.29) is 27.7 Å². The molecule has 0 fully saturated rings. The first-order valence-corrected chi connectivity index (χ1v) is 6.66. The maximum atomic E-state index is 12.9. The normalized spacial score (nSPS) is 12.5. The topological polar surface area (TPSA) is 28.7 Å². The standard InChI is InChI=1S/C13H7F5N2S/c14-11(15)6-3-8-9(5-20-12(8)19-4-6)7-1-2-21-10(7)13(16,17)18/h1-5,11H,(H,19,20). The number of rotatable bonds is 2. The van der Waals surface area contributed by atoms with Crippen LogP contribution in [0.4, 0.5) is 22.0 Å². The van der Waals surface area contributed by atoms with E-state index >= 15 is 0 Å². The van der Waals surface area contributed by atoms with Crippen LogP contribution in [0.3, 0.4) is 0 Å². The predicted molar refractivity (Wildman–Crippen MR) is 69.4 cm³/mol. The molecule has 3 aromatic heterocycles. The number of aromatic amines is 1. The van der Waals surface area contributed by atoms with Gasteiger partial charge in [-0.2, -0.15) is 13.2 Å². The zero-order valence-corrected chi connectivity index (χ0v) is 11.0. The van der Waals surface area contributed by atoms with Crippen LogP contribution in [0.25, 0.3) is 22.2 Å². The van der Waals surface area contributed by atoms with Gasteiger partial charge in [-0.15, -0.1) is 11.3 Å². The lowest BCUT2D eigenvalue weighted by Gasteiger charge is -2.07. The molecule has 0 saturated carbocycles. The molecule has 2 nitrogen and oxygen atoms in total. The number of halogens is 5. The van der Waals surface area contributed by atoms with Crippen LogP contribution < -0.4 is 0 Å². The highest BCUT2D eigenvalue weighted by molar-refractivity contribution is 7.10. The largest absolute Gasteiger partial charge is 0.426 e. The van der Waals surface area contributed by atoms with Crippen molar-refractivity contribution in [3.63, 3.8) is 0 Å². The van der Waals surface area contributed by atoms with Crippen molar-refractivity contribution in [1.29, 1.82) is 0 Å². The van der Waals surface area contributed by atoms with E-state index in [1.54, 1.807) is 0 Å². The van der Waals surface area contributed by atoms with Crippen molar-refractivity contribution < 1.29 is 22.0 Å². The average molecular weight is 318 g/mol. The van der Waals surface area contributed by atoms with E-state index in [1.807, 2.05) is 0 Å². The van der Waals surface area contributed by atoms with E-state index in [1.165, 1.54) is 17.6 Å². The van der Waals surface area contributed by atoms with E-state index in [2.05, 4.69) is 9.97 Å². The van der Waals surface area contributed by atoms with Gasteiger partial charge in [-0.25, -0.2) is 13.8 Å². The fourth-order valence-electron chi connectivity index (χ4n) is 2.10. The number of thiophene rings is 1. The molecule has 1 N–H and O–H groups in total. The molecule has 21 heavy (non-hydrogen) atoms. The second kappa shape index (κ2) is 4.80. The van der Waals surface area contributed by atoms with E-state index in [4.69, 9.17) is 0 Å². The quantitative estimate of drug-likeness (QED) is 0.643. The first-order valence-electron chi connectivity index (χ1n) is 5.78. The molecule has 0 amide bonds. The van der Waals surface area contributed by atoms with Crippen molar-refractivity contribution in [3.05, 3.63) is 40.3 Å². The number of fused-ring (bicyclic) bond motifs is 1. The Kier molecular flexibility index (Phi) is 3.20. The van der Waals surface area contributed by atoms with Gasteiger partial charge in [-0.05, 0) is 17.5 Å². The first kappa shape index (κ1) is 14.0. The molecule has 0 aliphatic carbocycles. The summed E-state index contributed by atoms with van der Waals surface area (Å²) in [4.78, 5) is 5.76. The summed E-state index contributed by atoms with van der Waals surface area (Å²) in [5.74, 6) is 0. The number of nitrogens with one attached hydrogen (secondary N) is 1. The molecule has 0 radical (unpaired) electrons. The Morgan fingerprint density at radius 1 is 1.19 bits per heavy atom. The van der Waals surface area contributed by atoms with Crippen molar-refractivity contribution >= 4 is 22.4 Å². The Morgan fingerprint density at radius 3 is 2.62 bits per heavy atom. The second-order valence-electron chi connectivity index (χ2n) is 4.33. The monoisotopic (exact) mass is 318 g/mol. The zero-order valence-electron chi connectivity index (χ0n) is 10.2. The van der Waals surface area contributed by atoms with Gasteiger partial charge in [0.25, 0.3) is 6.43 Å². The maximum Gasteiger partial charge on any atom is 0.426 e. The lowest BCUT2D eigenvalue weighted by molar-refractivity contribution is -0.133. The number of pyridine rings is 1. The van der Waals surface area contributed by atoms with Gasteiger partial charge in [-0.1, -0.05) is 0 Å². The Labute approximate surface area is 119 Å². The number of aromatic nitrogens is 2. The molecular weight excluding hydrogens is 311 g/mol. The highest BCUT2D eigenvalue weighted by Crippen LogP contribution is 2.42. The molecule has 0 aromatic carbocycles. The third kappa shape index (κ3) is 2.39. The molecule has 0 aliphatic heterocycles. The number of hydrogen-bond acceptors (Lipinski definition) is 2. The first-order chi connectivity index (χ1) is 9.88. The number of nitrogens with zero attached hydrogens (tertiary/aromatic N) is 1. The fraction of sp³-hybridized carbons (Fsp3) is 0.154. The molecule has 3 aromatic rings. The van der Waals surface area contributed by atoms with Crippen molar-refractivity contribution in [1.82, 2.24) is 9.97 Å². The molecule has 8 heteroatoms. The van der Waals surface area contributed by atoms with Crippen molar-refractivity contribution in [2.45, 2.75) is 12.6 Å². The second-order valence-corrected chi connectivity index (χ2v) is 5.25. The molecule has 3 heterocycles. The summed E-state index contributed by atoms with van der Waals surface area (Å²) in [7, 11) is 0. The summed E-state index contributed by atoms with van der Waals surface area (Å²) in [6.45, 7) is 0. The molecule has 0 spiro atoms. The smallest absolute Gasteiger partial charge is 0.346 e. The van der Waals surface area contributed by atoms with Gasteiger partial charge in [0.2, 0.25) is 0 Å². The van der Waals surface area contributed by atoms with Gasteiger partial charge in [0.15, 0.2) is 0 Å². The Balaban J connectivity index is 2.22. The van der Waals surface area contributed by atoms with Crippen LogP contribution in [-0.2, 0) is 6.18 Å². The van der Waals surface area contributed by atoms with Gasteiger partial charge in [0, 0.05) is 34.5 Å². The van der Waals surface area contributed by atoms with Gasteiger partial charge in [0.1, 0.15) is 10.5 Å². The van der Waals surface area contributed by atoms with Crippen molar-refractivity contribution in [3.8, 4) is 11.1 Å². The summed E-state index contributed by atoms with van der Waals surface area (Å²) < 4.78 is 64.3. The Hall–Kier alpha value is -1.96. The molecule has 110 valence electrons. The van der Waals surface area contributed by atoms with Crippen LogP contribution in [0.2, 0.25) is 0 Å². The highest BCUT2D eigenvalue weighted by atomic mass is 32.1. The fourth-order valence-corrected chi connectivity index (χ4v) is 2.88. The summed E-state index contributed by atoms with van der Waals surface area (Å²) in [5.41, 5.74) is 0.126. The molecule has 0 saturated heterocycles. The predicted octanol–water partition coefficient (Wildman–Crippen LogP) is 5.25. The van der Waals surface area contributed by atoms with Gasteiger partial charge >= 0.3 is 6.18 Å². The van der Waals surface area contributed by atoms with Gasteiger partial charge in [0.05, 0.1) is 0 Å². The third-order valence-corrected chi connectivity index (χ3v) is 3.98. The number of H-pyrrole nitrogens is 1. The lowest BCUT2D eigenvalue weighted by Crippen LogP contribution is -2.03. The van der Waals surface area contributed by atoms with Crippen LogP contribution in [-0.4, -0.2) is 9.97 Å². The minimum atomic E-state index is -4.49. The van der Waals surface area contributed by atoms with E-state index in [9.17, 15) is 22.0 Å². The lowest BCUT2D eigenvalue weighted by atomic mass is 10.1. The summed E-state index contributed by atoms with van der Waals surface area (Å²) >= 11 is 0.566. The molecule has 0 aliphatic rings. The SMILES string of the molecule is FC(F)c1cnc2[nH]cc(-c3ccsc3C(F)(F)F)c2c1. The van der Waals surface area contributed by atoms with Crippen LogP contribution in [0.5, 0.6) is 0 Å². The highest BCUT2D eigenvalue weighted by Gasteiger charge is 2.35. The Bertz CT molecular complexity index is 787. The number of alkyl halides is 5. The number of hydrogen-bond donors (Lipinski definition) is 1. The molecular formula is C13H7F5N2S. The van der Waals surface area contributed by atoms with Crippen LogP contribution >= 0.6 is 11.3 Å². The van der Waals surface area contributed by atoms with Crippen LogP contribution in [0, 0.1) is 0 Å². The molecule has 0 unspecified atom stereocenters. The summed E-state index contributed by atoms with van der Waals surface area (Å²) in [6.07, 6.45) is -4.86. The minimum Gasteiger partial charge on any atom is -0.346 e. The van der Waals surface area contributed by atoms with Crippen LogP contribution in [0.15, 0.2) is 29.9 Å². The van der Waals surface area contributed by atoms with E-state index in [0.29, 0.717) is 11.3 Å². The summed E-state index contributed by atoms with van der Waals surface area (Å²) in [6, 6.07) is 2.49. The van der Waals surface area contributed by atoms with E-state index < -0.39 is 17.5 Å². The summed E-state index contributed by atoms with van der Waals surface area (Å²) in [5, 5.41) is 1.57. The van der Waals surface area contributed by atoms with Gasteiger partial charge in [-0.3, -0.25) is 0 Å². The van der Waals surface area contributed by atoms with Gasteiger partial charge < -0.3 is 4.98 Å². The molecule has 0 bridgehead atoms.